The molecular formula is C10H19N3O5. The zero-order valence-corrected chi connectivity index (χ0v) is 10.5. The van der Waals surface area contributed by atoms with E-state index < -0.39 is 18.0 Å². The van der Waals surface area contributed by atoms with Gasteiger partial charge in [-0.15, -0.1) is 0 Å². The predicted molar refractivity (Wildman–Crippen MR) is 63.1 cm³/mol. The van der Waals surface area contributed by atoms with Crippen molar-refractivity contribution in [3.05, 3.63) is 0 Å². The van der Waals surface area contributed by atoms with E-state index in [0.29, 0.717) is 13.2 Å². The number of carbonyl (C=O) groups excluding carboxylic acids is 2. The van der Waals surface area contributed by atoms with Gasteiger partial charge in [0.2, 0.25) is 5.91 Å². The molecule has 0 aromatic heterocycles. The highest BCUT2D eigenvalue weighted by Gasteiger charge is 2.13. The van der Waals surface area contributed by atoms with Crippen molar-refractivity contribution in [2.75, 3.05) is 26.8 Å². The maximum absolute atomic E-state index is 11.2. The third kappa shape index (κ3) is 8.34. The first kappa shape index (κ1) is 16.2. The second-order valence-electron chi connectivity index (χ2n) is 3.55. The fourth-order valence-electron chi connectivity index (χ4n) is 0.980. The third-order valence-corrected chi connectivity index (χ3v) is 1.98. The molecule has 1 unspecified atom stereocenters. The highest BCUT2D eigenvalue weighted by atomic mass is 16.5. The summed E-state index contributed by atoms with van der Waals surface area (Å²) in [7, 11) is 1.53. The number of nitrogens with one attached hydrogen (secondary N) is 3. The Bertz CT molecular complexity index is 295. The molecule has 3 amide bonds. The smallest absolute Gasteiger partial charge is 0.325 e. The Labute approximate surface area is 105 Å². The van der Waals surface area contributed by atoms with E-state index in [0.717, 1.165) is 0 Å². The standard InChI is InChI=1S/C10H19N3O5/c1-7(9(15)16)13-10(17)12-4-3-8(14)11-5-6-18-2/h7H,3-6H2,1-2H3,(H,11,14)(H,15,16)(H2,12,13,17). The van der Waals surface area contributed by atoms with Crippen LogP contribution in [0.1, 0.15) is 13.3 Å². The van der Waals surface area contributed by atoms with Crippen molar-refractivity contribution >= 4 is 17.9 Å². The van der Waals surface area contributed by atoms with Gasteiger partial charge >= 0.3 is 12.0 Å². The van der Waals surface area contributed by atoms with Crippen molar-refractivity contribution in [2.24, 2.45) is 0 Å². The molecule has 0 rings (SSSR count). The van der Waals surface area contributed by atoms with Crippen LogP contribution < -0.4 is 16.0 Å². The van der Waals surface area contributed by atoms with Crippen LogP contribution in [0.25, 0.3) is 0 Å². The van der Waals surface area contributed by atoms with Crippen LogP contribution in [0, 0.1) is 0 Å². The van der Waals surface area contributed by atoms with Crippen molar-refractivity contribution in [3.8, 4) is 0 Å². The van der Waals surface area contributed by atoms with Crippen LogP contribution in [0.3, 0.4) is 0 Å². The van der Waals surface area contributed by atoms with E-state index in [4.69, 9.17) is 9.84 Å². The Morgan fingerprint density at radius 1 is 1.22 bits per heavy atom. The summed E-state index contributed by atoms with van der Waals surface area (Å²) in [6.07, 6.45) is 0.124. The zero-order chi connectivity index (χ0) is 14.0. The molecule has 0 saturated heterocycles. The summed E-state index contributed by atoms with van der Waals surface area (Å²) in [4.78, 5) is 32.8. The number of aliphatic carboxylic acids is 1. The van der Waals surface area contributed by atoms with Gasteiger partial charge in [-0.2, -0.15) is 0 Å². The van der Waals surface area contributed by atoms with Crippen LogP contribution in [0.15, 0.2) is 0 Å². The number of hydrogen-bond acceptors (Lipinski definition) is 4. The topological polar surface area (TPSA) is 117 Å². The van der Waals surface area contributed by atoms with E-state index in [2.05, 4.69) is 16.0 Å². The van der Waals surface area contributed by atoms with Crippen LogP contribution in [0.4, 0.5) is 4.79 Å². The average molecular weight is 261 g/mol. The van der Waals surface area contributed by atoms with E-state index in [1.165, 1.54) is 14.0 Å². The summed E-state index contributed by atoms with van der Waals surface area (Å²) in [5.74, 6) is -1.33. The normalized spacial score (nSPS) is 11.4. The van der Waals surface area contributed by atoms with Crippen molar-refractivity contribution < 1.29 is 24.2 Å². The molecule has 0 spiro atoms. The molecule has 0 heterocycles. The van der Waals surface area contributed by atoms with E-state index in [-0.39, 0.29) is 18.9 Å². The van der Waals surface area contributed by atoms with E-state index >= 15 is 0 Å². The van der Waals surface area contributed by atoms with Gasteiger partial charge in [0.05, 0.1) is 6.61 Å². The molecule has 0 radical (unpaired) electrons. The van der Waals surface area contributed by atoms with Crippen molar-refractivity contribution in [1.82, 2.24) is 16.0 Å². The van der Waals surface area contributed by atoms with Gasteiger partial charge in [0.15, 0.2) is 0 Å². The lowest BCUT2D eigenvalue weighted by Crippen LogP contribution is -2.45. The van der Waals surface area contributed by atoms with Gasteiger partial charge in [0.25, 0.3) is 0 Å². The summed E-state index contributed by atoms with van der Waals surface area (Å²) in [5.41, 5.74) is 0. The van der Waals surface area contributed by atoms with Gasteiger partial charge in [-0.1, -0.05) is 0 Å². The quantitative estimate of drug-likeness (QED) is 0.414. The molecule has 0 bridgehead atoms. The fourth-order valence-corrected chi connectivity index (χ4v) is 0.980. The average Bonchev–Trinajstić information content (AvgIpc) is 2.29. The van der Waals surface area contributed by atoms with Crippen LogP contribution in [-0.2, 0) is 14.3 Å². The molecule has 0 aromatic rings. The van der Waals surface area contributed by atoms with Gasteiger partial charge < -0.3 is 25.8 Å². The van der Waals surface area contributed by atoms with E-state index in [1.54, 1.807) is 0 Å². The molecule has 8 heteroatoms. The van der Waals surface area contributed by atoms with Gasteiger partial charge in [0.1, 0.15) is 6.04 Å². The molecule has 1 atom stereocenters. The second-order valence-corrected chi connectivity index (χ2v) is 3.55. The number of rotatable bonds is 8. The first-order chi connectivity index (χ1) is 8.47. The first-order valence-corrected chi connectivity index (χ1v) is 5.50. The Kier molecular flexibility index (Phi) is 8.29. The lowest BCUT2D eigenvalue weighted by atomic mass is 10.3. The van der Waals surface area contributed by atoms with Crippen LogP contribution in [0.2, 0.25) is 0 Å². The second kappa shape index (κ2) is 9.23. The SMILES string of the molecule is COCCNC(=O)CCNC(=O)NC(C)C(=O)O. The molecule has 104 valence electrons. The molecule has 4 N–H and O–H groups in total. The van der Waals surface area contributed by atoms with Crippen molar-refractivity contribution in [3.63, 3.8) is 0 Å². The number of urea groups is 1. The molecular weight excluding hydrogens is 242 g/mol. The van der Waals surface area contributed by atoms with E-state index in [1.807, 2.05) is 0 Å². The largest absolute Gasteiger partial charge is 0.480 e. The highest BCUT2D eigenvalue weighted by Crippen LogP contribution is 1.82. The van der Waals surface area contributed by atoms with Crippen molar-refractivity contribution in [2.45, 2.75) is 19.4 Å². The first-order valence-electron chi connectivity index (χ1n) is 5.50. The monoisotopic (exact) mass is 261 g/mol. The molecule has 0 aliphatic carbocycles. The molecule has 0 aromatic carbocycles. The number of carboxylic acid groups (broad SMARTS) is 1. The lowest BCUT2D eigenvalue weighted by Gasteiger charge is -2.10. The molecule has 18 heavy (non-hydrogen) atoms. The minimum atomic E-state index is -1.12. The van der Waals surface area contributed by atoms with Crippen molar-refractivity contribution in [1.29, 1.82) is 0 Å². The number of carbonyl (C=O) groups is 3. The fraction of sp³-hybridized carbons (Fsp3) is 0.700. The van der Waals surface area contributed by atoms with E-state index in [9.17, 15) is 14.4 Å². The van der Waals surface area contributed by atoms with Crippen LogP contribution in [-0.4, -0.2) is 55.9 Å². The molecule has 8 nitrogen and oxygen atoms in total. The lowest BCUT2D eigenvalue weighted by molar-refractivity contribution is -0.138. The van der Waals surface area contributed by atoms with Crippen LogP contribution in [0.5, 0.6) is 0 Å². The predicted octanol–water partition coefficient (Wildman–Crippen LogP) is -1.09. The number of hydrogen-bond donors (Lipinski definition) is 4. The summed E-state index contributed by atoms with van der Waals surface area (Å²) in [6, 6.07) is -1.59. The summed E-state index contributed by atoms with van der Waals surface area (Å²) in [5, 5.41) is 15.7. The zero-order valence-electron chi connectivity index (χ0n) is 10.5. The maximum Gasteiger partial charge on any atom is 0.325 e. The Hall–Kier alpha value is -1.83. The minimum Gasteiger partial charge on any atom is -0.480 e. The summed E-state index contributed by atoms with van der Waals surface area (Å²) < 4.78 is 4.75. The minimum absolute atomic E-state index is 0.124. The van der Waals surface area contributed by atoms with Gasteiger partial charge in [-0.3, -0.25) is 9.59 Å². The summed E-state index contributed by atoms with van der Waals surface area (Å²) >= 11 is 0. The molecule has 0 fully saturated rings. The number of amides is 3. The molecule has 0 saturated carbocycles. The third-order valence-electron chi connectivity index (χ3n) is 1.98. The van der Waals surface area contributed by atoms with Gasteiger partial charge in [-0.25, -0.2) is 4.79 Å². The Morgan fingerprint density at radius 3 is 2.44 bits per heavy atom. The number of methoxy groups -OCH3 is 1. The molecule has 0 aliphatic heterocycles. The van der Waals surface area contributed by atoms with Gasteiger partial charge in [0, 0.05) is 26.6 Å². The highest BCUT2D eigenvalue weighted by molar-refractivity contribution is 5.82. The summed E-state index contributed by atoms with van der Waals surface area (Å²) in [6.45, 7) is 2.32. The van der Waals surface area contributed by atoms with Crippen LogP contribution >= 0.6 is 0 Å². The number of ether oxygens (including phenoxy) is 1. The maximum atomic E-state index is 11.2. The number of carboxylic acids is 1. The Morgan fingerprint density at radius 2 is 1.89 bits per heavy atom. The molecule has 0 aliphatic rings. The Balaban J connectivity index is 3.61. The van der Waals surface area contributed by atoms with Gasteiger partial charge in [-0.05, 0) is 6.92 Å².